The summed E-state index contributed by atoms with van der Waals surface area (Å²) in [6.07, 6.45) is 0. The molecule has 0 aromatic heterocycles. The minimum atomic E-state index is -4.14. The Labute approximate surface area is 197 Å². The second-order valence-electron chi connectivity index (χ2n) is 7.01. The van der Waals surface area contributed by atoms with Gasteiger partial charge in [-0.1, -0.05) is 17.7 Å². The third kappa shape index (κ3) is 5.68. The second kappa shape index (κ2) is 10.0. The van der Waals surface area contributed by atoms with Crippen LogP contribution in [0.15, 0.2) is 59.5 Å². The first-order valence-corrected chi connectivity index (χ1v) is 11.5. The van der Waals surface area contributed by atoms with Crippen molar-refractivity contribution in [1.29, 1.82) is 0 Å². The van der Waals surface area contributed by atoms with E-state index in [0.717, 1.165) is 5.56 Å². The molecule has 0 saturated heterocycles. The van der Waals surface area contributed by atoms with E-state index >= 15 is 0 Å². The molecule has 33 heavy (non-hydrogen) atoms. The maximum Gasteiger partial charge on any atom is 0.265 e. The van der Waals surface area contributed by atoms with Crippen molar-refractivity contribution in [2.24, 2.45) is 0 Å². The van der Waals surface area contributed by atoms with Crippen LogP contribution in [0.25, 0.3) is 0 Å². The predicted octanol–water partition coefficient (Wildman–Crippen LogP) is 4.73. The van der Waals surface area contributed by atoms with Gasteiger partial charge in [0.25, 0.3) is 15.9 Å². The van der Waals surface area contributed by atoms with Crippen molar-refractivity contribution >= 4 is 38.9 Å². The maximum atomic E-state index is 13.2. The van der Waals surface area contributed by atoms with E-state index in [2.05, 4.69) is 10.0 Å². The molecule has 1 amide bonds. The Morgan fingerprint density at radius 2 is 1.55 bits per heavy atom. The number of carbonyl (C=O) groups excluding carboxylic acids is 1. The number of hydrogen-bond acceptors (Lipinski definition) is 6. The highest BCUT2D eigenvalue weighted by Crippen LogP contribution is 2.31. The number of nitrogens with one attached hydrogen (secondary N) is 2. The summed E-state index contributed by atoms with van der Waals surface area (Å²) in [5, 5.41) is 3.06. The van der Waals surface area contributed by atoms with Gasteiger partial charge in [0.15, 0.2) is 0 Å². The summed E-state index contributed by atoms with van der Waals surface area (Å²) in [7, 11) is 0.115. The van der Waals surface area contributed by atoms with Crippen LogP contribution >= 0.6 is 11.6 Å². The fourth-order valence-electron chi connectivity index (χ4n) is 3.02. The van der Waals surface area contributed by atoms with Crippen molar-refractivity contribution in [2.45, 2.75) is 11.8 Å². The van der Waals surface area contributed by atoms with Gasteiger partial charge in [-0.3, -0.25) is 9.52 Å². The standard InChI is InChI=1S/C23H23ClN2O6S/c1-14-5-7-20(19(24)9-14)25-23(27)15-6-8-21(32-4)22(10-15)33(28,29)26-16-11-17(30-2)13-18(12-16)31-3/h5-13,26H,1-4H3,(H,25,27). The number of aryl methyl sites for hydroxylation is 1. The van der Waals surface area contributed by atoms with Crippen LogP contribution in [-0.2, 0) is 10.0 Å². The lowest BCUT2D eigenvalue weighted by Crippen LogP contribution is -2.17. The first-order valence-electron chi connectivity index (χ1n) is 9.68. The van der Waals surface area contributed by atoms with E-state index in [1.54, 1.807) is 24.3 Å². The number of anilines is 2. The minimum absolute atomic E-state index is 0.0716. The lowest BCUT2D eigenvalue weighted by Gasteiger charge is -2.15. The van der Waals surface area contributed by atoms with Crippen molar-refractivity contribution in [3.8, 4) is 17.2 Å². The molecule has 2 N–H and O–H groups in total. The first-order chi connectivity index (χ1) is 15.7. The topological polar surface area (TPSA) is 103 Å². The number of halogens is 1. The number of methoxy groups -OCH3 is 3. The Kier molecular flexibility index (Phi) is 7.35. The summed E-state index contributed by atoms with van der Waals surface area (Å²) in [6.45, 7) is 1.88. The molecular weight excluding hydrogens is 468 g/mol. The summed E-state index contributed by atoms with van der Waals surface area (Å²) in [6, 6.07) is 13.9. The summed E-state index contributed by atoms with van der Waals surface area (Å²) < 4.78 is 44.4. The van der Waals surface area contributed by atoms with Crippen LogP contribution in [0.5, 0.6) is 17.2 Å². The molecule has 3 aromatic rings. The van der Waals surface area contributed by atoms with E-state index in [9.17, 15) is 13.2 Å². The van der Waals surface area contributed by atoms with Crippen LogP contribution in [0.1, 0.15) is 15.9 Å². The molecule has 0 fully saturated rings. The van der Waals surface area contributed by atoms with Gasteiger partial charge in [-0.2, -0.15) is 0 Å². The lowest BCUT2D eigenvalue weighted by atomic mass is 10.2. The molecule has 0 bridgehead atoms. The number of rotatable bonds is 8. The van der Waals surface area contributed by atoms with Crippen LogP contribution in [0.3, 0.4) is 0 Å². The Morgan fingerprint density at radius 3 is 2.12 bits per heavy atom. The van der Waals surface area contributed by atoms with E-state index < -0.39 is 15.9 Å². The number of benzene rings is 3. The summed E-state index contributed by atoms with van der Waals surface area (Å²) in [5.74, 6) is 0.356. The van der Waals surface area contributed by atoms with Crippen LogP contribution in [-0.4, -0.2) is 35.7 Å². The third-order valence-corrected chi connectivity index (χ3v) is 6.41. The number of hydrogen-bond donors (Lipinski definition) is 2. The van der Waals surface area contributed by atoms with Gasteiger partial charge in [0.1, 0.15) is 22.1 Å². The molecule has 0 aliphatic carbocycles. The highest BCUT2D eigenvalue weighted by atomic mass is 35.5. The highest BCUT2D eigenvalue weighted by molar-refractivity contribution is 7.92. The van der Waals surface area contributed by atoms with Crippen molar-refractivity contribution < 1.29 is 27.4 Å². The largest absolute Gasteiger partial charge is 0.497 e. The zero-order chi connectivity index (χ0) is 24.2. The van der Waals surface area contributed by atoms with Gasteiger partial charge in [-0.05, 0) is 42.8 Å². The van der Waals surface area contributed by atoms with Gasteiger partial charge in [-0.15, -0.1) is 0 Å². The molecule has 0 heterocycles. The van der Waals surface area contributed by atoms with Crippen molar-refractivity contribution in [1.82, 2.24) is 0 Å². The average Bonchev–Trinajstić information content (AvgIpc) is 2.79. The Morgan fingerprint density at radius 1 is 0.879 bits per heavy atom. The van der Waals surface area contributed by atoms with Crippen molar-refractivity contribution in [3.63, 3.8) is 0 Å². The molecule has 0 unspecified atom stereocenters. The molecule has 0 aliphatic heterocycles. The quantitative estimate of drug-likeness (QED) is 0.473. The molecule has 0 saturated carbocycles. The highest BCUT2D eigenvalue weighted by Gasteiger charge is 2.23. The molecule has 0 spiro atoms. The Bertz CT molecular complexity index is 1270. The van der Waals surface area contributed by atoms with Crippen LogP contribution < -0.4 is 24.2 Å². The fourth-order valence-corrected chi connectivity index (χ4v) is 4.54. The van der Waals surface area contributed by atoms with Crippen molar-refractivity contribution in [3.05, 3.63) is 70.7 Å². The van der Waals surface area contributed by atoms with Crippen molar-refractivity contribution in [2.75, 3.05) is 31.4 Å². The molecule has 3 aromatic carbocycles. The Hall–Kier alpha value is -3.43. The van der Waals surface area contributed by atoms with Crippen LogP contribution in [0, 0.1) is 6.92 Å². The SMILES string of the molecule is COc1cc(NS(=O)(=O)c2cc(C(=O)Nc3ccc(C)cc3Cl)ccc2OC)cc(OC)c1. The number of sulfonamides is 1. The van der Waals surface area contributed by atoms with Gasteiger partial charge in [0.2, 0.25) is 0 Å². The zero-order valence-corrected chi connectivity index (χ0v) is 20.0. The lowest BCUT2D eigenvalue weighted by molar-refractivity contribution is 0.102. The molecule has 0 aliphatic rings. The predicted molar refractivity (Wildman–Crippen MR) is 127 cm³/mol. The van der Waals surface area contributed by atoms with Gasteiger partial charge in [-0.25, -0.2) is 8.42 Å². The van der Waals surface area contributed by atoms with E-state index in [1.165, 1.54) is 51.7 Å². The van der Waals surface area contributed by atoms with Crippen LogP contribution in [0.4, 0.5) is 11.4 Å². The molecule has 3 rings (SSSR count). The summed E-state index contributed by atoms with van der Waals surface area (Å²) >= 11 is 6.19. The fraction of sp³-hybridized carbons (Fsp3) is 0.174. The zero-order valence-electron chi connectivity index (χ0n) is 18.4. The summed E-state index contributed by atoms with van der Waals surface area (Å²) in [5.41, 5.74) is 1.68. The molecule has 0 radical (unpaired) electrons. The van der Waals surface area contributed by atoms with E-state index in [4.69, 9.17) is 25.8 Å². The van der Waals surface area contributed by atoms with Gasteiger partial charge in [0.05, 0.1) is 37.7 Å². The minimum Gasteiger partial charge on any atom is -0.497 e. The number of amides is 1. The molecule has 8 nitrogen and oxygen atoms in total. The summed E-state index contributed by atoms with van der Waals surface area (Å²) in [4.78, 5) is 12.6. The maximum absolute atomic E-state index is 13.2. The second-order valence-corrected chi connectivity index (χ2v) is 9.07. The monoisotopic (exact) mass is 490 g/mol. The molecule has 174 valence electrons. The first kappa shape index (κ1) is 24.2. The smallest absolute Gasteiger partial charge is 0.265 e. The van der Waals surface area contributed by atoms with Gasteiger partial charge < -0.3 is 19.5 Å². The van der Waals surface area contributed by atoms with E-state index in [-0.39, 0.29) is 21.9 Å². The number of carbonyl (C=O) groups is 1. The molecule has 0 atom stereocenters. The van der Waals surface area contributed by atoms with E-state index in [1.807, 2.05) is 6.92 Å². The van der Waals surface area contributed by atoms with Gasteiger partial charge in [0, 0.05) is 23.8 Å². The Balaban J connectivity index is 1.95. The van der Waals surface area contributed by atoms with E-state index in [0.29, 0.717) is 22.2 Å². The van der Waals surface area contributed by atoms with Gasteiger partial charge >= 0.3 is 0 Å². The average molecular weight is 491 g/mol. The normalized spacial score (nSPS) is 10.9. The molecular formula is C23H23ClN2O6S. The molecule has 10 heteroatoms. The van der Waals surface area contributed by atoms with Crippen LogP contribution in [0.2, 0.25) is 5.02 Å². The number of ether oxygens (including phenoxy) is 3. The third-order valence-electron chi connectivity index (χ3n) is 4.69.